The first-order valence-corrected chi connectivity index (χ1v) is 7.50. The molecule has 0 saturated heterocycles. The molecular weight excluding hydrogens is 226 g/mol. The van der Waals surface area contributed by atoms with Crippen LogP contribution in [-0.4, -0.2) is 35.6 Å². The summed E-state index contributed by atoms with van der Waals surface area (Å²) in [6, 6.07) is 0.527. The highest BCUT2D eigenvalue weighted by atomic mass is 16.2. The third kappa shape index (κ3) is 2.97. The van der Waals surface area contributed by atoms with Crippen LogP contribution in [0.5, 0.6) is 0 Å². The van der Waals surface area contributed by atoms with E-state index < -0.39 is 0 Å². The molecule has 0 bridgehead atoms. The van der Waals surface area contributed by atoms with Gasteiger partial charge in [0.05, 0.1) is 5.54 Å². The molecule has 2 rings (SSSR count). The Hall–Kier alpha value is -0.770. The Labute approximate surface area is 110 Å². The third-order valence-corrected chi connectivity index (χ3v) is 4.45. The van der Waals surface area contributed by atoms with E-state index in [1.807, 2.05) is 4.90 Å². The number of nitrogens with one attached hydrogen (secondary N) is 1. The molecule has 0 aromatic carbocycles. The van der Waals surface area contributed by atoms with Crippen molar-refractivity contribution in [1.29, 1.82) is 0 Å². The van der Waals surface area contributed by atoms with Crippen LogP contribution in [0.1, 0.15) is 58.3 Å². The molecule has 0 spiro atoms. The highest BCUT2D eigenvalue weighted by molar-refractivity contribution is 5.75. The number of amides is 2. The SMILES string of the molecule is CCN(C(=O)NC1CC1)C1(CN)CCCCCC1. The maximum absolute atomic E-state index is 12.4. The van der Waals surface area contributed by atoms with E-state index in [2.05, 4.69) is 12.2 Å². The monoisotopic (exact) mass is 253 g/mol. The second-order valence-electron chi connectivity index (χ2n) is 5.81. The van der Waals surface area contributed by atoms with Gasteiger partial charge in [0.25, 0.3) is 0 Å². The standard InChI is InChI=1S/C14H27N3O/c1-2-17(13(18)16-12-7-8-12)14(11-15)9-5-3-4-6-10-14/h12H,2-11,15H2,1H3,(H,16,18). The number of carbonyl (C=O) groups excluding carboxylic acids is 1. The Kier molecular flexibility index (Phi) is 4.49. The minimum Gasteiger partial charge on any atom is -0.335 e. The molecule has 2 fully saturated rings. The molecule has 0 aromatic rings. The van der Waals surface area contributed by atoms with Gasteiger partial charge >= 0.3 is 6.03 Å². The lowest BCUT2D eigenvalue weighted by Gasteiger charge is -2.42. The molecule has 0 atom stereocenters. The molecule has 4 heteroatoms. The molecule has 0 aliphatic heterocycles. The predicted molar refractivity (Wildman–Crippen MR) is 73.4 cm³/mol. The number of nitrogens with two attached hydrogens (primary N) is 1. The van der Waals surface area contributed by atoms with Gasteiger partial charge in [-0.1, -0.05) is 25.7 Å². The van der Waals surface area contributed by atoms with Crippen molar-refractivity contribution >= 4 is 6.03 Å². The molecule has 2 aliphatic carbocycles. The molecule has 0 radical (unpaired) electrons. The zero-order valence-electron chi connectivity index (χ0n) is 11.6. The van der Waals surface area contributed by atoms with Gasteiger partial charge in [-0.15, -0.1) is 0 Å². The summed E-state index contributed by atoms with van der Waals surface area (Å²) >= 11 is 0. The molecule has 3 N–H and O–H groups in total. The smallest absolute Gasteiger partial charge is 0.318 e. The molecule has 0 heterocycles. The van der Waals surface area contributed by atoms with Crippen LogP contribution in [-0.2, 0) is 0 Å². The number of likely N-dealkylation sites (N-methyl/N-ethyl adjacent to an activating group) is 1. The van der Waals surface area contributed by atoms with Crippen molar-refractivity contribution < 1.29 is 4.79 Å². The van der Waals surface area contributed by atoms with Crippen LogP contribution in [0.4, 0.5) is 4.79 Å². The maximum atomic E-state index is 12.4. The Morgan fingerprint density at radius 1 is 1.28 bits per heavy atom. The fourth-order valence-corrected chi connectivity index (χ4v) is 3.15. The van der Waals surface area contributed by atoms with Crippen molar-refractivity contribution in [2.75, 3.05) is 13.1 Å². The summed E-state index contributed by atoms with van der Waals surface area (Å²) in [6.07, 6.45) is 9.37. The van der Waals surface area contributed by atoms with Gasteiger partial charge in [0.15, 0.2) is 0 Å². The third-order valence-electron chi connectivity index (χ3n) is 4.45. The summed E-state index contributed by atoms with van der Waals surface area (Å²) in [5, 5.41) is 3.11. The number of hydrogen-bond acceptors (Lipinski definition) is 2. The number of carbonyl (C=O) groups is 1. The second-order valence-corrected chi connectivity index (χ2v) is 5.81. The lowest BCUT2D eigenvalue weighted by atomic mass is 9.88. The zero-order chi connectivity index (χ0) is 13.0. The molecule has 2 saturated carbocycles. The van der Waals surface area contributed by atoms with Gasteiger partial charge in [-0.2, -0.15) is 0 Å². The minimum absolute atomic E-state index is 0.0930. The average Bonchev–Trinajstić information content (AvgIpc) is 3.17. The summed E-state index contributed by atoms with van der Waals surface area (Å²) in [7, 11) is 0. The Morgan fingerprint density at radius 2 is 1.89 bits per heavy atom. The number of hydrogen-bond donors (Lipinski definition) is 2. The lowest BCUT2D eigenvalue weighted by molar-refractivity contribution is 0.107. The van der Waals surface area contributed by atoms with E-state index in [1.54, 1.807) is 0 Å². The summed E-state index contributed by atoms with van der Waals surface area (Å²) in [5.74, 6) is 0. The maximum Gasteiger partial charge on any atom is 0.318 e. The first kappa shape index (κ1) is 13.7. The highest BCUT2D eigenvalue weighted by Gasteiger charge is 2.39. The fourth-order valence-electron chi connectivity index (χ4n) is 3.15. The van der Waals surface area contributed by atoms with E-state index >= 15 is 0 Å². The van der Waals surface area contributed by atoms with E-state index in [-0.39, 0.29) is 11.6 Å². The largest absolute Gasteiger partial charge is 0.335 e. The summed E-state index contributed by atoms with van der Waals surface area (Å²) in [6.45, 7) is 3.42. The normalized spacial score (nSPS) is 23.2. The number of urea groups is 1. The highest BCUT2D eigenvalue weighted by Crippen LogP contribution is 2.32. The van der Waals surface area contributed by atoms with E-state index in [1.165, 1.54) is 25.7 Å². The van der Waals surface area contributed by atoms with Crippen molar-refractivity contribution in [2.24, 2.45) is 5.73 Å². The lowest BCUT2D eigenvalue weighted by Crippen LogP contribution is -2.58. The summed E-state index contributed by atoms with van der Waals surface area (Å²) in [4.78, 5) is 14.4. The van der Waals surface area contributed by atoms with Crippen LogP contribution in [0.2, 0.25) is 0 Å². The molecule has 2 amide bonds. The quantitative estimate of drug-likeness (QED) is 0.755. The van der Waals surface area contributed by atoms with Gasteiger partial charge in [-0.05, 0) is 32.6 Å². The zero-order valence-corrected chi connectivity index (χ0v) is 11.6. The van der Waals surface area contributed by atoms with Gasteiger partial charge < -0.3 is 16.0 Å². The molecule has 4 nitrogen and oxygen atoms in total. The Balaban J connectivity index is 2.07. The van der Waals surface area contributed by atoms with E-state index in [0.29, 0.717) is 12.6 Å². The molecule has 104 valence electrons. The van der Waals surface area contributed by atoms with Crippen molar-refractivity contribution in [2.45, 2.75) is 69.9 Å². The van der Waals surface area contributed by atoms with Gasteiger partial charge in [0.1, 0.15) is 0 Å². The van der Waals surface area contributed by atoms with Crippen LogP contribution in [0.25, 0.3) is 0 Å². The van der Waals surface area contributed by atoms with E-state index in [0.717, 1.165) is 32.2 Å². The predicted octanol–water partition coefficient (Wildman–Crippen LogP) is 2.23. The first-order valence-electron chi connectivity index (χ1n) is 7.50. The van der Waals surface area contributed by atoms with Crippen LogP contribution >= 0.6 is 0 Å². The number of rotatable bonds is 4. The molecule has 0 unspecified atom stereocenters. The van der Waals surface area contributed by atoms with Gasteiger partial charge in [0.2, 0.25) is 0 Å². The van der Waals surface area contributed by atoms with Crippen LogP contribution in [0, 0.1) is 0 Å². The van der Waals surface area contributed by atoms with Gasteiger partial charge in [-0.3, -0.25) is 0 Å². The summed E-state index contributed by atoms with van der Waals surface area (Å²) < 4.78 is 0. The van der Waals surface area contributed by atoms with Gasteiger partial charge in [0, 0.05) is 19.1 Å². The van der Waals surface area contributed by atoms with E-state index in [9.17, 15) is 4.79 Å². The van der Waals surface area contributed by atoms with Gasteiger partial charge in [-0.25, -0.2) is 4.79 Å². The van der Waals surface area contributed by atoms with Crippen LogP contribution < -0.4 is 11.1 Å². The van der Waals surface area contributed by atoms with Crippen molar-refractivity contribution in [3.05, 3.63) is 0 Å². The summed E-state index contributed by atoms with van der Waals surface area (Å²) in [5.41, 5.74) is 5.95. The first-order chi connectivity index (χ1) is 8.72. The number of nitrogens with zero attached hydrogens (tertiary/aromatic N) is 1. The van der Waals surface area contributed by atoms with Crippen molar-refractivity contribution in [3.63, 3.8) is 0 Å². The molecule has 0 aromatic heterocycles. The van der Waals surface area contributed by atoms with Crippen molar-refractivity contribution in [3.8, 4) is 0 Å². The Morgan fingerprint density at radius 3 is 2.33 bits per heavy atom. The van der Waals surface area contributed by atoms with Crippen LogP contribution in [0.15, 0.2) is 0 Å². The van der Waals surface area contributed by atoms with E-state index in [4.69, 9.17) is 5.73 Å². The fraction of sp³-hybridized carbons (Fsp3) is 0.929. The molecule has 2 aliphatic rings. The van der Waals surface area contributed by atoms with Crippen LogP contribution in [0.3, 0.4) is 0 Å². The second kappa shape index (κ2) is 5.91. The Bertz CT molecular complexity index is 281. The topological polar surface area (TPSA) is 58.4 Å². The average molecular weight is 253 g/mol. The molecular formula is C14H27N3O. The van der Waals surface area contributed by atoms with Crippen molar-refractivity contribution in [1.82, 2.24) is 10.2 Å². The molecule has 18 heavy (non-hydrogen) atoms. The minimum atomic E-state index is -0.0930.